The normalized spacial score (nSPS) is 17.6. The van der Waals surface area contributed by atoms with Crippen LogP contribution in [0.15, 0.2) is 72.8 Å². The van der Waals surface area contributed by atoms with Gasteiger partial charge in [0.05, 0.1) is 22.0 Å². The number of halogens is 1. The lowest BCUT2D eigenvalue weighted by atomic mass is 9.92. The van der Waals surface area contributed by atoms with E-state index in [-0.39, 0.29) is 12.1 Å². The van der Waals surface area contributed by atoms with E-state index in [1.54, 1.807) is 6.07 Å². The Balaban J connectivity index is 1.81. The van der Waals surface area contributed by atoms with Crippen molar-refractivity contribution in [1.29, 1.82) is 0 Å². The molecule has 0 aliphatic carbocycles. The first kappa shape index (κ1) is 15.2. The van der Waals surface area contributed by atoms with Crippen LogP contribution < -0.4 is 10.2 Å². The van der Waals surface area contributed by atoms with E-state index in [1.165, 1.54) is 0 Å². The first-order chi connectivity index (χ1) is 12.7. The van der Waals surface area contributed by atoms with Crippen molar-refractivity contribution in [1.82, 2.24) is 5.32 Å². The number of fused-ring (bicyclic) bond motifs is 5. The summed E-state index contributed by atoms with van der Waals surface area (Å²) in [6.45, 7) is 0. The van der Waals surface area contributed by atoms with Gasteiger partial charge in [-0.05, 0) is 29.3 Å². The summed E-state index contributed by atoms with van der Waals surface area (Å²) in [7, 11) is 0. The first-order valence-electron chi connectivity index (χ1n) is 8.49. The Labute approximate surface area is 156 Å². The van der Waals surface area contributed by atoms with Gasteiger partial charge in [-0.2, -0.15) is 0 Å². The SMILES string of the molecule is O=C1N[C@@H]2c3ccccc3C=C(c3ccccc3)N2c2cccc(Cl)c21. The molecule has 0 aromatic heterocycles. The maximum atomic E-state index is 12.8. The molecule has 0 spiro atoms. The Kier molecular flexibility index (Phi) is 3.37. The molecule has 0 saturated carbocycles. The van der Waals surface area contributed by atoms with Gasteiger partial charge in [0.2, 0.25) is 0 Å². The Morgan fingerprint density at radius 2 is 1.65 bits per heavy atom. The fourth-order valence-corrected chi connectivity index (χ4v) is 4.02. The molecule has 0 bridgehead atoms. The molecule has 126 valence electrons. The molecule has 3 aromatic carbocycles. The molecule has 0 unspecified atom stereocenters. The molecule has 2 heterocycles. The number of rotatable bonds is 1. The Morgan fingerprint density at radius 1 is 0.885 bits per heavy atom. The molecule has 5 rings (SSSR count). The van der Waals surface area contributed by atoms with Gasteiger partial charge in [0.15, 0.2) is 0 Å². The highest BCUT2D eigenvalue weighted by Crippen LogP contribution is 2.45. The van der Waals surface area contributed by atoms with Gasteiger partial charge < -0.3 is 10.2 Å². The molecule has 3 aromatic rings. The van der Waals surface area contributed by atoms with Crippen molar-refractivity contribution in [3.05, 3.63) is 100 Å². The van der Waals surface area contributed by atoms with Crippen LogP contribution in [-0.2, 0) is 0 Å². The number of anilines is 1. The van der Waals surface area contributed by atoms with E-state index in [9.17, 15) is 4.79 Å². The van der Waals surface area contributed by atoms with Crippen LogP contribution in [0.4, 0.5) is 5.69 Å². The monoisotopic (exact) mass is 358 g/mol. The number of amides is 1. The molecule has 1 amide bonds. The molecule has 3 nitrogen and oxygen atoms in total. The largest absolute Gasteiger partial charge is 0.327 e. The zero-order valence-electron chi connectivity index (χ0n) is 13.8. The van der Waals surface area contributed by atoms with Gasteiger partial charge in [-0.1, -0.05) is 72.3 Å². The summed E-state index contributed by atoms with van der Waals surface area (Å²) in [6.07, 6.45) is 1.91. The minimum Gasteiger partial charge on any atom is -0.327 e. The van der Waals surface area contributed by atoms with Crippen LogP contribution in [0.3, 0.4) is 0 Å². The summed E-state index contributed by atoms with van der Waals surface area (Å²) >= 11 is 6.36. The molecule has 0 radical (unpaired) electrons. The van der Waals surface area contributed by atoms with Crippen molar-refractivity contribution in [3.8, 4) is 0 Å². The molecule has 26 heavy (non-hydrogen) atoms. The van der Waals surface area contributed by atoms with E-state index < -0.39 is 0 Å². The van der Waals surface area contributed by atoms with Gasteiger partial charge in [-0.3, -0.25) is 4.79 Å². The first-order valence-corrected chi connectivity index (χ1v) is 8.86. The standard InChI is InChI=1S/C22H15ClN2O/c23-17-11-6-12-18-20(17)22(26)24-21-16-10-5-4-9-15(16)13-19(25(18)21)14-7-2-1-3-8-14/h1-13,21H,(H,24,26)/t21-/m0/s1. The molecule has 4 heteroatoms. The third kappa shape index (κ3) is 2.18. The Morgan fingerprint density at radius 3 is 2.50 bits per heavy atom. The fourth-order valence-electron chi connectivity index (χ4n) is 3.76. The van der Waals surface area contributed by atoms with Crippen LogP contribution in [0.1, 0.15) is 33.2 Å². The van der Waals surface area contributed by atoms with Crippen molar-refractivity contribution < 1.29 is 4.79 Å². The minimum absolute atomic E-state index is 0.143. The van der Waals surface area contributed by atoms with E-state index in [0.29, 0.717) is 10.6 Å². The van der Waals surface area contributed by atoms with Crippen molar-refractivity contribution in [3.63, 3.8) is 0 Å². The second-order valence-electron chi connectivity index (χ2n) is 6.40. The lowest BCUT2D eigenvalue weighted by Crippen LogP contribution is -2.47. The van der Waals surface area contributed by atoms with Gasteiger partial charge in [-0.25, -0.2) is 0 Å². The summed E-state index contributed by atoms with van der Waals surface area (Å²) in [6, 6.07) is 24.0. The maximum Gasteiger partial charge on any atom is 0.256 e. The zero-order valence-corrected chi connectivity index (χ0v) is 14.6. The summed E-state index contributed by atoms with van der Waals surface area (Å²) in [4.78, 5) is 14.9. The van der Waals surface area contributed by atoms with Crippen LogP contribution in [0.25, 0.3) is 11.8 Å². The second-order valence-corrected chi connectivity index (χ2v) is 6.81. The highest BCUT2D eigenvalue weighted by molar-refractivity contribution is 6.35. The molecule has 0 saturated heterocycles. The fraction of sp³-hybridized carbons (Fsp3) is 0.0455. The lowest BCUT2D eigenvalue weighted by molar-refractivity contribution is 0.0930. The minimum atomic E-state index is -0.259. The molecule has 2 aliphatic heterocycles. The van der Waals surface area contributed by atoms with Gasteiger partial charge >= 0.3 is 0 Å². The molecule has 1 atom stereocenters. The number of carbonyl (C=O) groups is 1. The predicted octanol–water partition coefficient (Wildman–Crippen LogP) is 5.10. The molecule has 1 N–H and O–H groups in total. The van der Waals surface area contributed by atoms with E-state index in [2.05, 4.69) is 40.6 Å². The van der Waals surface area contributed by atoms with Crippen LogP contribution in [0.2, 0.25) is 5.02 Å². The van der Waals surface area contributed by atoms with Crippen LogP contribution >= 0.6 is 11.6 Å². The Hall–Kier alpha value is -3.04. The van der Waals surface area contributed by atoms with Crippen molar-refractivity contribution >= 4 is 35.0 Å². The van der Waals surface area contributed by atoms with E-state index in [4.69, 9.17) is 11.6 Å². The third-order valence-corrected chi connectivity index (χ3v) is 5.23. The number of hydrogen-bond acceptors (Lipinski definition) is 2. The van der Waals surface area contributed by atoms with Crippen LogP contribution in [-0.4, -0.2) is 5.91 Å². The van der Waals surface area contributed by atoms with Gasteiger partial charge in [-0.15, -0.1) is 0 Å². The molecule has 2 aliphatic rings. The van der Waals surface area contributed by atoms with Crippen molar-refractivity contribution in [2.45, 2.75) is 6.17 Å². The quantitative estimate of drug-likeness (QED) is 0.656. The van der Waals surface area contributed by atoms with Gasteiger partial charge in [0.1, 0.15) is 6.17 Å². The smallest absolute Gasteiger partial charge is 0.256 e. The number of benzene rings is 3. The average Bonchev–Trinajstić information content (AvgIpc) is 2.68. The third-order valence-electron chi connectivity index (χ3n) is 4.92. The second kappa shape index (κ2) is 5.75. The van der Waals surface area contributed by atoms with Crippen molar-refractivity contribution in [2.75, 3.05) is 4.90 Å². The predicted molar refractivity (Wildman–Crippen MR) is 105 cm³/mol. The van der Waals surface area contributed by atoms with Gasteiger partial charge in [0, 0.05) is 5.56 Å². The summed E-state index contributed by atoms with van der Waals surface area (Å²) in [5.41, 5.74) is 5.67. The van der Waals surface area contributed by atoms with E-state index in [1.807, 2.05) is 42.5 Å². The van der Waals surface area contributed by atoms with Crippen LogP contribution in [0.5, 0.6) is 0 Å². The molecular formula is C22H15ClN2O. The summed E-state index contributed by atoms with van der Waals surface area (Å²) in [5, 5.41) is 3.60. The van der Waals surface area contributed by atoms with Crippen LogP contribution in [0, 0.1) is 0 Å². The lowest BCUT2D eigenvalue weighted by Gasteiger charge is -2.43. The average molecular weight is 359 g/mol. The van der Waals surface area contributed by atoms with Crippen molar-refractivity contribution in [2.24, 2.45) is 0 Å². The highest BCUT2D eigenvalue weighted by Gasteiger charge is 2.38. The maximum absolute atomic E-state index is 12.8. The number of hydrogen-bond donors (Lipinski definition) is 1. The number of nitrogens with one attached hydrogen (secondary N) is 1. The summed E-state index contributed by atoms with van der Waals surface area (Å²) in [5.74, 6) is -0.143. The zero-order chi connectivity index (χ0) is 17.7. The number of carbonyl (C=O) groups excluding carboxylic acids is 1. The topological polar surface area (TPSA) is 32.3 Å². The highest BCUT2D eigenvalue weighted by atomic mass is 35.5. The molecule has 0 fully saturated rings. The Bertz CT molecular complexity index is 1060. The van der Waals surface area contributed by atoms with E-state index in [0.717, 1.165) is 28.1 Å². The number of nitrogens with zero attached hydrogens (tertiary/aromatic N) is 1. The van der Waals surface area contributed by atoms with E-state index >= 15 is 0 Å². The molecular weight excluding hydrogens is 344 g/mol. The van der Waals surface area contributed by atoms with Gasteiger partial charge in [0.25, 0.3) is 5.91 Å². The summed E-state index contributed by atoms with van der Waals surface area (Å²) < 4.78 is 0.